The van der Waals surface area contributed by atoms with Crippen LogP contribution in [-0.4, -0.2) is 28.1 Å². The summed E-state index contributed by atoms with van der Waals surface area (Å²) in [5.74, 6) is -0.420. The second kappa shape index (κ2) is 4.02. The van der Waals surface area contributed by atoms with Crippen molar-refractivity contribution in [2.75, 3.05) is 7.11 Å². The normalized spacial score (nSPS) is 10.1. The lowest BCUT2D eigenvalue weighted by molar-refractivity contribution is 0.0592. The molecule has 0 spiro atoms. The predicted octanol–water partition coefficient (Wildman–Crippen LogP) is 0.554. The third-order valence-corrected chi connectivity index (χ3v) is 1.81. The molecule has 0 atom stereocenters. The van der Waals surface area contributed by atoms with E-state index in [1.165, 1.54) is 7.11 Å². The molecular formula is C8H13N3O2. The summed E-state index contributed by atoms with van der Waals surface area (Å²) in [7, 11) is 3.11. The van der Waals surface area contributed by atoms with Crippen LogP contribution in [0.1, 0.15) is 29.5 Å². The summed E-state index contributed by atoms with van der Waals surface area (Å²) in [5, 5.41) is 7.51. The van der Waals surface area contributed by atoms with Crippen molar-refractivity contribution in [1.82, 2.24) is 15.0 Å². The Bertz CT molecular complexity index is 306. The first kappa shape index (κ1) is 9.70. The third-order valence-electron chi connectivity index (χ3n) is 1.81. The van der Waals surface area contributed by atoms with Crippen molar-refractivity contribution in [3.8, 4) is 0 Å². The van der Waals surface area contributed by atoms with E-state index in [9.17, 15) is 4.79 Å². The average molecular weight is 183 g/mol. The molecule has 0 aliphatic carbocycles. The van der Waals surface area contributed by atoms with E-state index >= 15 is 0 Å². The summed E-state index contributed by atoms with van der Waals surface area (Å²) < 4.78 is 6.19. The van der Waals surface area contributed by atoms with E-state index in [1.807, 2.05) is 6.92 Å². The number of hydrogen-bond donors (Lipinski definition) is 0. The van der Waals surface area contributed by atoms with E-state index in [4.69, 9.17) is 0 Å². The van der Waals surface area contributed by atoms with Crippen LogP contribution in [0.3, 0.4) is 0 Å². The van der Waals surface area contributed by atoms with Gasteiger partial charge in [-0.1, -0.05) is 18.6 Å². The van der Waals surface area contributed by atoms with Gasteiger partial charge in [-0.2, -0.15) is 0 Å². The number of carbonyl (C=O) groups excluding carboxylic acids is 1. The molecule has 13 heavy (non-hydrogen) atoms. The van der Waals surface area contributed by atoms with E-state index in [-0.39, 0.29) is 0 Å². The molecule has 0 amide bonds. The van der Waals surface area contributed by atoms with Gasteiger partial charge >= 0.3 is 5.97 Å². The molecule has 0 radical (unpaired) electrons. The quantitative estimate of drug-likeness (QED) is 0.642. The topological polar surface area (TPSA) is 57.0 Å². The first-order chi connectivity index (χ1) is 6.20. The van der Waals surface area contributed by atoms with Gasteiger partial charge in [0.05, 0.1) is 12.8 Å². The van der Waals surface area contributed by atoms with E-state index in [2.05, 4.69) is 15.0 Å². The number of hydrogen-bond acceptors (Lipinski definition) is 4. The van der Waals surface area contributed by atoms with Crippen LogP contribution in [0, 0.1) is 0 Å². The SMILES string of the molecule is CCCc1c(C(=O)OC)nnn1C. The molecule has 0 aromatic carbocycles. The fourth-order valence-electron chi connectivity index (χ4n) is 1.15. The molecule has 0 saturated carbocycles. The maximum absolute atomic E-state index is 11.2. The fourth-order valence-corrected chi connectivity index (χ4v) is 1.15. The monoisotopic (exact) mass is 183 g/mol. The number of nitrogens with zero attached hydrogens (tertiary/aromatic N) is 3. The van der Waals surface area contributed by atoms with Gasteiger partial charge in [-0.15, -0.1) is 5.10 Å². The first-order valence-corrected chi connectivity index (χ1v) is 4.17. The number of aromatic nitrogens is 3. The molecule has 5 nitrogen and oxygen atoms in total. The standard InChI is InChI=1S/C8H13N3O2/c1-4-5-6-7(8(12)13-3)9-10-11(6)2/h4-5H2,1-3H3. The number of esters is 1. The van der Waals surface area contributed by atoms with Crippen LogP contribution in [-0.2, 0) is 18.2 Å². The highest BCUT2D eigenvalue weighted by Gasteiger charge is 2.17. The van der Waals surface area contributed by atoms with Gasteiger partial charge in [0, 0.05) is 7.05 Å². The molecule has 72 valence electrons. The van der Waals surface area contributed by atoms with E-state index < -0.39 is 5.97 Å². The maximum Gasteiger partial charge on any atom is 0.360 e. The van der Waals surface area contributed by atoms with Crippen molar-refractivity contribution in [1.29, 1.82) is 0 Å². The van der Waals surface area contributed by atoms with Gasteiger partial charge in [-0.25, -0.2) is 4.79 Å². The van der Waals surface area contributed by atoms with E-state index in [0.717, 1.165) is 18.5 Å². The molecule has 0 fully saturated rings. The Morgan fingerprint density at radius 2 is 2.31 bits per heavy atom. The highest BCUT2D eigenvalue weighted by atomic mass is 16.5. The van der Waals surface area contributed by atoms with Crippen LogP contribution in [0.2, 0.25) is 0 Å². The molecule has 0 unspecified atom stereocenters. The van der Waals surface area contributed by atoms with Gasteiger partial charge in [-0.05, 0) is 6.42 Å². The highest BCUT2D eigenvalue weighted by Crippen LogP contribution is 2.07. The minimum absolute atomic E-state index is 0.326. The van der Waals surface area contributed by atoms with Crippen molar-refractivity contribution in [3.05, 3.63) is 11.4 Å². The second-order valence-corrected chi connectivity index (χ2v) is 2.75. The molecule has 0 bridgehead atoms. The number of methoxy groups -OCH3 is 1. The van der Waals surface area contributed by atoms with Crippen molar-refractivity contribution >= 4 is 5.97 Å². The Labute approximate surface area is 76.7 Å². The summed E-state index contributed by atoms with van der Waals surface area (Å²) in [6.45, 7) is 2.04. The Kier molecular flexibility index (Phi) is 3.00. The largest absolute Gasteiger partial charge is 0.464 e. The van der Waals surface area contributed by atoms with E-state index in [0.29, 0.717) is 5.69 Å². The molecule has 0 N–H and O–H groups in total. The lowest BCUT2D eigenvalue weighted by Gasteiger charge is -2.00. The van der Waals surface area contributed by atoms with Gasteiger partial charge in [0.2, 0.25) is 0 Å². The highest BCUT2D eigenvalue weighted by molar-refractivity contribution is 5.88. The van der Waals surface area contributed by atoms with Crippen LogP contribution in [0.15, 0.2) is 0 Å². The van der Waals surface area contributed by atoms with Gasteiger partial charge in [0.15, 0.2) is 5.69 Å². The zero-order chi connectivity index (χ0) is 9.84. The van der Waals surface area contributed by atoms with Crippen LogP contribution >= 0.6 is 0 Å². The molecule has 1 rings (SSSR count). The first-order valence-electron chi connectivity index (χ1n) is 4.17. The Hall–Kier alpha value is -1.39. The minimum atomic E-state index is -0.420. The molecule has 0 aliphatic heterocycles. The van der Waals surface area contributed by atoms with Crippen LogP contribution < -0.4 is 0 Å². The van der Waals surface area contributed by atoms with Crippen molar-refractivity contribution in [2.45, 2.75) is 19.8 Å². The lowest BCUT2D eigenvalue weighted by atomic mass is 10.2. The van der Waals surface area contributed by atoms with Crippen molar-refractivity contribution in [3.63, 3.8) is 0 Å². The molecule has 1 aromatic heterocycles. The summed E-state index contributed by atoms with van der Waals surface area (Å²) in [4.78, 5) is 11.2. The summed E-state index contributed by atoms with van der Waals surface area (Å²) in [5.41, 5.74) is 1.15. The Morgan fingerprint density at radius 3 is 2.85 bits per heavy atom. The van der Waals surface area contributed by atoms with Crippen LogP contribution in [0.5, 0.6) is 0 Å². The van der Waals surface area contributed by atoms with Crippen molar-refractivity contribution < 1.29 is 9.53 Å². The van der Waals surface area contributed by atoms with Crippen LogP contribution in [0.4, 0.5) is 0 Å². The minimum Gasteiger partial charge on any atom is -0.464 e. The van der Waals surface area contributed by atoms with Gasteiger partial charge in [0.1, 0.15) is 0 Å². The van der Waals surface area contributed by atoms with Crippen LogP contribution in [0.25, 0.3) is 0 Å². The smallest absolute Gasteiger partial charge is 0.360 e. The van der Waals surface area contributed by atoms with E-state index in [1.54, 1.807) is 11.7 Å². The van der Waals surface area contributed by atoms with Gasteiger partial charge < -0.3 is 4.74 Å². The summed E-state index contributed by atoms with van der Waals surface area (Å²) in [6, 6.07) is 0. The number of rotatable bonds is 3. The summed E-state index contributed by atoms with van der Waals surface area (Å²) in [6.07, 6.45) is 1.74. The fraction of sp³-hybridized carbons (Fsp3) is 0.625. The Balaban J connectivity index is 2.99. The van der Waals surface area contributed by atoms with Gasteiger partial charge in [0.25, 0.3) is 0 Å². The average Bonchev–Trinajstić information content (AvgIpc) is 2.48. The molecule has 1 aromatic rings. The summed E-state index contributed by atoms with van der Waals surface area (Å²) >= 11 is 0. The molecule has 5 heteroatoms. The maximum atomic E-state index is 11.2. The molecule has 0 saturated heterocycles. The number of aryl methyl sites for hydroxylation is 1. The van der Waals surface area contributed by atoms with Crippen molar-refractivity contribution in [2.24, 2.45) is 7.05 Å². The molecule has 1 heterocycles. The molecular weight excluding hydrogens is 170 g/mol. The Morgan fingerprint density at radius 1 is 1.62 bits per heavy atom. The van der Waals surface area contributed by atoms with Gasteiger partial charge in [-0.3, -0.25) is 4.68 Å². The molecule has 0 aliphatic rings. The zero-order valence-corrected chi connectivity index (χ0v) is 8.07. The lowest BCUT2D eigenvalue weighted by Crippen LogP contribution is -2.07. The zero-order valence-electron chi connectivity index (χ0n) is 8.07. The predicted molar refractivity (Wildman–Crippen MR) is 46.3 cm³/mol. The number of carbonyl (C=O) groups is 1. The second-order valence-electron chi connectivity index (χ2n) is 2.75. The number of ether oxygens (including phenoxy) is 1. The third kappa shape index (κ3) is 1.85.